The van der Waals surface area contributed by atoms with Crippen LogP contribution in [0.25, 0.3) is 17.2 Å². The predicted octanol–water partition coefficient (Wildman–Crippen LogP) is 7.39. The first-order valence-corrected chi connectivity index (χ1v) is 12.8. The molecule has 4 rings (SSSR count). The van der Waals surface area contributed by atoms with Crippen LogP contribution in [-0.2, 0) is 11.0 Å². The zero-order chi connectivity index (χ0) is 27.4. The molecule has 0 aromatic heterocycles. The minimum atomic E-state index is -4.50. The second kappa shape index (κ2) is 11.6. The fourth-order valence-electron chi connectivity index (χ4n) is 3.67. The quantitative estimate of drug-likeness (QED) is 0.171. The first-order chi connectivity index (χ1) is 18.0. The highest BCUT2D eigenvalue weighted by Gasteiger charge is 2.32. The number of rotatable bonds is 8. The first-order valence-electron chi connectivity index (χ1n) is 11.2. The number of ether oxygens (including phenoxy) is 1. The van der Waals surface area contributed by atoms with Crippen LogP contribution in [0.5, 0.6) is 5.75 Å². The van der Waals surface area contributed by atoms with Gasteiger partial charge in [0.25, 0.3) is 5.91 Å². The van der Waals surface area contributed by atoms with Crippen molar-refractivity contribution in [2.24, 2.45) is 0 Å². The number of amides is 1. The second-order valence-electron chi connectivity index (χ2n) is 8.18. The Kier molecular flexibility index (Phi) is 8.44. The molecule has 0 aliphatic carbocycles. The molecule has 0 spiro atoms. The predicted molar refractivity (Wildman–Crippen MR) is 145 cm³/mol. The number of carboxylic acids is 1. The van der Waals surface area contributed by atoms with E-state index in [-0.39, 0.29) is 22.1 Å². The second-order valence-corrected chi connectivity index (χ2v) is 10.3. The van der Waals surface area contributed by atoms with Crippen molar-refractivity contribution in [2.45, 2.75) is 12.6 Å². The van der Waals surface area contributed by atoms with Crippen molar-refractivity contribution in [1.29, 1.82) is 0 Å². The molecule has 3 aromatic carbocycles. The van der Waals surface area contributed by atoms with E-state index in [0.717, 1.165) is 23.9 Å². The van der Waals surface area contributed by atoms with E-state index in [2.05, 4.69) is 0 Å². The standard InChI is InChI=1S/C27H19ClF3NO4S2/c28-22-10-7-19(27(29,30)31)15-21(22)18-4-1-3-16(13-18)14-23-24(33)32(26(37)38-23)11-2-12-36-20-8-5-17(6-9-20)25(34)35/h1,3-10,13-15H,2,11-12H2,(H,34,35)/b23-14-. The third kappa shape index (κ3) is 6.56. The monoisotopic (exact) mass is 577 g/mol. The Morgan fingerprint density at radius 1 is 1.11 bits per heavy atom. The lowest BCUT2D eigenvalue weighted by Gasteiger charge is -2.14. The van der Waals surface area contributed by atoms with Crippen molar-refractivity contribution in [3.63, 3.8) is 0 Å². The minimum absolute atomic E-state index is 0.158. The zero-order valence-corrected chi connectivity index (χ0v) is 21.9. The van der Waals surface area contributed by atoms with E-state index in [1.54, 1.807) is 42.5 Å². The van der Waals surface area contributed by atoms with Crippen LogP contribution < -0.4 is 4.74 Å². The van der Waals surface area contributed by atoms with Crippen molar-refractivity contribution in [2.75, 3.05) is 13.2 Å². The molecule has 0 bridgehead atoms. The van der Waals surface area contributed by atoms with Crippen molar-refractivity contribution in [1.82, 2.24) is 4.90 Å². The average molecular weight is 578 g/mol. The number of carboxylic acid groups (broad SMARTS) is 1. The Morgan fingerprint density at radius 2 is 1.84 bits per heavy atom. The summed E-state index contributed by atoms with van der Waals surface area (Å²) < 4.78 is 45.6. The number of alkyl halides is 3. The van der Waals surface area contributed by atoms with Gasteiger partial charge in [-0.05, 0) is 72.2 Å². The summed E-state index contributed by atoms with van der Waals surface area (Å²) in [5.41, 5.74) is 0.694. The summed E-state index contributed by atoms with van der Waals surface area (Å²) in [5.74, 6) is -0.778. The SMILES string of the molecule is O=C(O)c1ccc(OCCCN2C(=O)/C(=C/c3cccc(-c4cc(C(F)(F)F)ccc4Cl)c3)SC2=S)cc1. The Morgan fingerprint density at radius 3 is 2.53 bits per heavy atom. The normalized spacial score (nSPS) is 14.8. The number of thioether (sulfide) groups is 1. The molecule has 0 saturated carbocycles. The molecule has 1 heterocycles. The zero-order valence-electron chi connectivity index (χ0n) is 19.5. The summed E-state index contributed by atoms with van der Waals surface area (Å²) in [6.07, 6.45) is -2.37. The fraction of sp³-hybridized carbons (Fsp3) is 0.148. The number of thiocarbonyl (C=S) groups is 1. The molecule has 5 nitrogen and oxygen atoms in total. The number of carbonyl (C=O) groups excluding carboxylic acids is 1. The molecule has 1 saturated heterocycles. The summed E-state index contributed by atoms with van der Waals surface area (Å²) in [6.45, 7) is 0.622. The number of halogens is 4. The van der Waals surface area contributed by atoms with Crippen molar-refractivity contribution in [3.8, 4) is 16.9 Å². The number of carbonyl (C=O) groups is 2. The molecule has 1 aliphatic rings. The van der Waals surface area contributed by atoms with Gasteiger partial charge in [0, 0.05) is 17.1 Å². The molecular formula is C27H19ClF3NO4S2. The van der Waals surface area contributed by atoms with Crippen LogP contribution >= 0.6 is 35.6 Å². The lowest BCUT2D eigenvalue weighted by molar-refractivity contribution is -0.137. The molecule has 0 atom stereocenters. The average Bonchev–Trinajstić information content (AvgIpc) is 3.13. The van der Waals surface area contributed by atoms with Gasteiger partial charge in [-0.1, -0.05) is 53.8 Å². The van der Waals surface area contributed by atoms with E-state index in [1.165, 1.54) is 23.1 Å². The maximum Gasteiger partial charge on any atom is 0.416 e. The maximum atomic E-state index is 13.2. The molecule has 11 heteroatoms. The van der Waals surface area contributed by atoms with E-state index in [4.69, 9.17) is 33.7 Å². The summed E-state index contributed by atoms with van der Waals surface area (Å²) >= 11 is 12.7. The minimum Gasteiger partial charge on any atom is -0.494 e. The van der Waals surface area contributed by atoms with Gasteiger partial charge >= 0.3 is 12.1 Å². The molecule has 3 aromatic rings. The smallest absolute Gasteiger partial charge is 0.416 e. The number of nitrogens with zero attached hydrogens (tertiary/aromatic N) is 1. The summed E-state index contributed by atoms with van der Waals surface area (Å²) in [7, 11) is 0. The third-order valence-corrected chi connectivity index (χ3v) is 7.27. The van der Waals surface area contributed by atoms with E-state index < -0.39 is 17.7 Å². The van der Waals surface area contributed by atoms with Gasteiger partial charge in [-0.3, -0.25) is 9.69 Å². The fourth-order valence-corrected chi connectivity index (χ4v) is 5.20. The Hall–Kier alpha value is -3.34. The maximum absolute atomic E-state index is 13.2. The first kappa shape index (κ1) is 27.7. The molecule has 38 heavy (non-hydrogen) atoms. The van der Waals surface area contributed by atoms with Crippen molar-refractivity contribution >= 4 is 57.9 Å². The third-order valence-electron chi connectivity index (χ3n) is 5.56. The lowest BCUT2D eigenvalue weighted by atomic mass is 10.0. The summed E-state index contributed by atoms with van der Waals surface area (Å²) in [4.78, 5) is 25.7. The van der Waals surface area contributed by atoms with Gasteiger partial charge in [0.2, 0.25) is 0 Å². The van der Waals surface area contributed by atoms with Gasteiger partial charge in [0.05, 0.1) is 22.6 Å². The van der Waals surface area contributed by atoms with Crippen LogP contribution in [0.1, 0.15) is 27.9 Å². The van der Waals surface area contributed by atoms with Crippen LogP contribution in [0.2, 0.25) is 5.02 Å². The summed E-state index contributed by atoms with van der Waals surface area (Å²) in [5, 5.41) is 9.13. The van der Waals surface area contributed by atoms with E-state index in [9.17, 15) is 22.8 Å². The molecular weight excluding hydrogens is 559 g/mol. The van der Waals surface area contributed by atoms with E-state index >= 15 is 0 Å². The van der Waals surface area contributed by atoms with Crippen LogP contribution in [0, 0.1) is 0 Å². The van der Waals surface area contributed by atoms with E-state index in [1.807, 2.05) is 0 Å². The van der Waals surface area contributed by atoms with Crippen LogP contribution in [0.15, 0.2) is 71.6 Å². The van der Waals surface area contributed by atoms with Crippen molar-refractivity contribution in [3.05, 3.63) is 93.3 Å². The molecule has 0 unspecified atom stereocenters. The van der Waals surface area contributed by atoms with Crippen molar-refractivity contribution < 1.29 is 32.6 Å². The topological polar surface area (TPSA) is 66.8 Å². The van der Waals surface area contributed by atoms with Gasteiger partial charge in [-0.25, -0.2) is 4.79 Å². The Balaban J connectivity index is 1.41. The molecule has 1 N–H and O–H groups in total. The number of benzene rings is 3. The van der Waals surface area contributed by atoms with Crippen LogP contribution in [-0.4, -0.2) is 39.4 Å². The number of aromatic carboxylic acids is 1. The molecule has 0 radical (unpaired) electrons. The highest BCUT2D eigenvalue weighted by molar-refractivity contribution is 8.26. The van der Waals surface area contributed by atoms with Gasteiger partial charge in [0.1, 0.15) is 10.1 Å². The van der Waals surface area contributed by atoms with Crippen LogP contribution in [0.3, 0.4) is 0 Å². The lowest BCUT2D eigenvalue weighted by Crippen LogP contribution is -2.29. The molecule has 196 valence electrons. The highest BCUT2D eigenvalue weighted by Crippen LogP contribution is 2.37. The van der Waals surface area contributed by atoms with Crippen LogP contribution in [0.4, 0.5) is 13.2 Å². The van der Waals surface area contributed by atoms with E-state index in [0.29, 0.717) is 45.7 Å². The molecule has 1 fully saturated rings. The van der Waals surface area contributed by atoms with Gasteiger partial charge in [0.15, 0.2) is 0 Å². The van der Waals surface area contributed by atoms with Gasteiger partial charge < -0.3 is 9.84 Å². The van der Waals surface area contributed by atoms with Gasteiger partial charge in [-0.2, -0.15) is 13.2 Å². The molecule has 1 amide bonds. The number of hydrogen-bond acceptors (Lipinski definition) is 5. The largest absolute Gasteiger partial charge is 0.494 e. The van der Waals surface area contributed by atoms with Gasteiger partial charge in [-0.15, -0.1) is 0 Å². The highest BCUT2D eigenvalue weighted by atomic mass is 35.5. The Bertz CT molecular complexity index is 1420. The number of hydrogen-bond donors (Lipinski definition) is 1. The molecule has 1 aliphatic heterocycles. The summed E-state index contributed by atoms with van der Waals surface area (Å²) in [6, 6.07) is 15.9. The Labute approximate surface area is 230 Å².